The van der Waals surface area contributed by atoms with Crippen LogP contribution in [0.5, 0.6) is 0 Å². The third-order valence-corrected chi connectivity index (χ3v) is 4.60. The van der Waals surface area contributed by atoms with Gasteiger partial charge in [0, 0.05) is 44.0 Å². The standard InChI is InChI=1S/C16H19FN4O/c1-11-2-16(22-19-11)10-21-14-4-15(21)9-20(8-14)7-12-3-13(17)6-18-5-12/h2-3,5-6,14-15H,4,7-10H2,1H3. The number of piperazine rings is 1. The Morgan fingerprint density at radius 3 is 2.73 bits per heavy atom. The largest absolute Gasteiger partial charge is 0.360 e. The molecule has 3 aliphatic heterocycles. The molecule has 0 N–H and O–H groups in total. The average Bonchev–Trinajstić information content (AvgIpc) is 2.90. The van der Waals surface area contributed by atoms with E-state index in [1.54, 1.807) is 12.3 Å². The van der Waals surface area contributed by atoms with E-state index >= 15 is 0 Å². The second-order valence-corrected chi connectivity index (χ2v) is 6.36. The number of aromatic nitrogens is 2. The second kappa shape index (κ2) is 5.44. The molecule has 3 saturated heterocycles. The minimum absolute atomic E-state index is 0.262. The van der Waals surface area contributed by atoms with Gasteiger partial charge in [-0.1, -0.05) is 5.16 Å². The number of aryl methyl sites for hydroxylation is 1. The topological polar surface area (TPSA) is 45.4 Å². The third kappa shape index (κ3) is 2.64. The fourth-order valence-electron chi connectivity index (χ4n) is 3.63. The van der Waals surface area contributed by atoms with E-state index in [4.69, 9.17) is 4.52 Å². The van der Waals surface area contributed by atoms with Gasteiger partial charge >= 0.3 is 0 Å². The maximum Gasteiger partial charge on any atom is 0.150 e. The molecule has 5 rings (SSSR count). The van der Waals surface area contributed by atoms with Crippen LogP contribution in [0.4, 0.5) is 4.39 Å². The quantitative estimate of drug-likeness (QED) is 0.864. The minimum Gasteiger partial charge on any atom is -0.360 e. The molecule has 3 fully saturated rings. The number of hydrogen-bond donors (Lipinski definition) is 0. The molecule has 2 aromatic heterocycles. The molecule has 0 aliphatic carbocycles. The van der Waals surface area contributed by atoms with Crippen molar-refractivity contribution in [2.75, 3.05) is 13.1 Å². The van der Waals surface area contributed by atoms with Crippen LogP contribution in [0.15, 0.2) is 29.0 Å². The molecule has 5 heterocycles. The van der Waals surface area contributed by atoms with Crippen LogP contribution in [0.2, 0.25) is 0 Å². The van der Waals surface area contributed by atoms with Crippen LogP contribution in [-0.2, 0) is 13.1 Å². The number of hydrogen-bond acceptors (Lipinski definition) is 5. The van der Waals surface area contributed by atoms with Gasteiger partial charge in [0.2, 0.25) is 0 Å². The Bertz CT molecular complexity index is 662. The fourth-order valence-corrected chi connectivity index (χ4v) is 3.63. The lowest BCUT2D eigenvalue weighted by Gasteiger charge is -2.56. The molecule has 2 aromatic rings. The van der Waals surface area contributed by atoms with Gasteiger partial charge in [-0.15, -0.1) is 0 Å². The lowest BCUT2D eigenvalue weighted by molar-refractivity contribution is -0.0811. The zero-order valence-electron chi connectivity index (χ0n) is 12.6. The van der Waals surface area contributed by atoms with E-state index in [1.807, 2.05) is 13.0 Å². The lowest BCUT2D eigenvalue weighted by atomic mass is 9.87. The minimum atomic E-state index is -0.262. The van der Waals surface area contributed by atoms with Gasteiger partial charge in [-0.2, -0.15) is 0 Å². The van der Waals surface area contributed by atoms with Crippen LogP contribution in [0.3, 0.4) is 0 Å². The zero-order valence-corrected chi connectivity index (χ0v) is 12.6. The van der Waals surface area contributed by atoms with Gasteiger partial charge in [-0.3, -0.25) is 14.8 Å². The summed E-state index contributed by atoms with van der Waals surface area (Å²) in [6.07, 6.45) is 4.24. The molecule has 0 aromatic carbocycles. The molecule has 22 heavy (non-hydrogen) atoms. The Morgan fingerprint density at radius 2 is 2.05 bits per heavy atom. The molecule has 0 radical (unpaired) electrons. The summed E-state index contributed by atoms with van der Waals surface area (Å²) in [5, 5.41) is 3.95. The Kier molecular flexibility index (Phi) is 3.43. The summed E-state index contributed by atoms with van der Waals surface area (Å²) in [4.78, 5) is 8.79. The Hall–Kier alpha value is -1.79. The molecule has 116 valence electrons. The van der Waals surface area contributed by atoms with Crippen LogP contribution in [0, 0.1) is 12.7 Å². The van der Waals surface area contributed by atoms with E-state index < -0.39 is 0 Å². The number of rotatable bonds is 4. The van der Waals surface area contributed by atoms with Gasteiger partial charge in [0.15, 0.2) is 5.76 Å². The number of halogens is 1. The number of nitrogens with zero attached hydrogens (tertiary/aromatic N) is 4. The smallest absolute Gasteiger partial charge is 0.150 e. The highest BCUT2D eigenvalue weighted by Gasteiger charge is 2.44. The van der Waals surface area contributed by atoms with Crippen molar-refractivity contribution in [3.05, 3.63) is 47.4 Å². The van der Waals surface area contributed by atoms with Crippen LogP contribution < -0.4 is 0 Å². The van der Waals surface area contributed by atoms with Crippen molar-refractivity contribution in [3.8, 4) is 0 Å². The van der Waals surface area contributed by atoms with Gasteiger partial charge < -0.3 is 4.52 Å². The maximum absolute atomic E-state index is 13.2. The van der Waals surface area contributed by atoms with E-state index in [0.717, 1.165) is 43.2 Å². The van der Waals surface area contributed by atoms with Crippen LogP contribution in [0.25, 0.3) is 0 Å². The third-order valence-electron chi connectivity index (χ3n) is 4.60. The molecular formula is C16H19FN4O. The highest BCUT2D eigenvalue weighted by molar-refractivity contribution is 5.12. The lowest BCUT2D eigenvalue weighted by Crippen LogP contribution is -2.67. The molecular weight excluding hydrogens is 283 g/mol. The zero-order chi connectivity index (χ0) is 15.1. The molecule has 5 nitrogen and oxygen atoms in total. The first-order valence-electron chi connectivity index (χ1n) is 7.67. The van der Waals surface area contributed by atoms with E-state index in [1.165, 1.54) is 12.6 Å². The molecule has 2 unspecified atom stereocenters. The normalized spacial score (nSPS) is 25.2. The SMILES string of the molecule is Cc1cc(CN2C3CC2CN(Cc2cncc(F)c2)C3)on1. The summed E-state index contributed by atoms with van der Waals surface area (Å²) in [5.41, 5.74) is 1.87. The molecule has 2 atom stereocenters. The van der Waals surface area contributed by atoms with Gasteiger partial charge in [0.25, 0.3) is 0 Å². The predicted molar refractivity (Wildman–Crippen MR) is 78.4 cm³/mol. The molecule has 2 bridgehead atoms. The summed E-state index contributed by atoms with van der Waals surface area (Å²) in [6, 6.07) is 4.70. The van der Waals surface area contributed by atoms with E-state index in [0.29, 0.717) is 12.1 Å². The fraction of sp³-hybridized carbons (Fsp3) is 0.500. The number of piperidine rings is 1. The van der Waals surface area contributed by atoms with Crippen molar-refractivity contribution in [3.63, 3.8) is 0 Å². The Balaban J connectivity index is 1.36. The second-order valence-electron chi connectivity index (χ2n) is 6.36. The maximum atomic E-state index is 13.2. The van der Waals surface area contributed by atoms with E-state index in [2.05, 4.69) is 19.9 Å². The Morgan fingerprint density at radius 1 is 1.23 bits per heavy atom. The molecule has 0 spiro atoms. The van der Waals surface area contributed by atoms with Gasteiger partial charge in [0.05, 0.1) is 18.4 Å². The first-order valence-corrected chi connectivity index (χ1v) is 7.67. The van der Waals surface area contributed by atoms with Gasteiger partial charge in [0.1, 0.15) is 5.82 Å². The summed E-state index contributed by atoms with van der Waals surface area (Å²) in [6.45, 7) is 5.58. The highest BCUT2D eigenvalue weighted by atomic mass is 19.1. The van der Waals surface area contributed by atoms with Crippen LogP contribution in [-0.4, -0.2) is 45.1 Å². The average molecular weight is 302 g/mol. The van der Waals surface area contributed by atoms with E-state index in [9.17, 15) is 4.39 Å². The molecule has 0 saturated carbocycles. The van der Waals surface area contributed by atoms with Crippen molar-refractivity contribution in [2.45, 2.75) is 38.5 Å². The first-order chi connectivity index (χ1) is 10.7. The highest BCUT2D eigenvalue weighted by Crippen LogP contribution is 2.34. The monoisotopic (exact) mass is 302 g/mol. The van der Waals surface area contributed by atoms with Gasteiger partial charge in [-0.05, 0) is 25.0 Å². The van der Waals surface area contributed by atoms with Crippen molar-refractivity contribution < 1.29 is 8.91 Å². The van der Waals surface area contributed by atoms with Crippen molar-refractivity contribution in [1.29, 1.82) is 0 Å². The van der Waals surface area contributed by atoms with Gasteiger partial charge in [-0.25, -0.2) is 4.39 Å². The summed E-state index contributed by atoms with van der Waals surface area (Å²) < 4.78 is 18.5. The van der Waals surface area contributed by atoms with Crippen molar-refractivity contribution >= 4 is 0 Å². The van der Waals surface area contributed by atoms with Crippen LogP contribution in [0.1, 0.15) is 23.4 Å². The molecule has 3 aliphatic rings. The van der Waals surface area contributed by atoms with E-state index in [-0.39, 0.29) is 5.82 Å². The molecule has 0 amide bonds. The summed E-state index contributed by atoms with van der Waals surface area (Å²) >= 11 is 0. The predicted octanol–water partition coefficient (Wildman–Crippen LogP) is 1.98. The molecule has 6 heteroatoms. The van der Waals surface area contributed by atoms with Crippen molar-refractivity contribution in [2.24, 2.45) is 0 Å². The first kappa shape index (κ1) is 13.8. The van der Waals surface area contributed by atoms with Crippen molar-refractivity contribution in [1.82, 2.24) is 19.9 Å². The number of fused-ring (bicyclic) bond motifs is 2. The summed E-state index contributed by atoms with van der Waals surface area (Å²) in [5.74, 6) is 0.678. The summed E-state index contributed by atoms with van der Waals surface area (Å²) in [7, 11) is 0. The number of pyridine rings is 1. The Labute approximate surface area is 128 Å². The van der Waals surface area contributed by atoms with Crippen LogP contribution >= 0.6 is 0 Å².